The number of carbonyl (C=O) groups is 1. The van der Waals surface area contributed by atoms with E-state index in [-0.39, 0.29) is 12.3 Å². The Morgan fingerprint density at radius 1 is 1.09 bits per heavy atom. The average Bonchev–Trinajstić information content (AvgIpc) is 3.17. The van der Waals surface area contributed by atoms with Crippen LogP contribution in [0, 0.1) is 5.92 Å². The lowest BCUT2D eigenvalue weighted by molar-refractivity contribution is -0.137. The van der Waals surface area contributed by atoms with Gasteiger partial charge < -0.3 is 0 Å². The fourth-order valence-electron chi connectivity index (χ4n) is 3.97. The summed E-state index contributed by atoms with van der Waals surface area (Å²) >= 11 is 1.39. The number of sulfone groups is 1. The average molecular weight is 483 g/mol. The Labute approximate surface area is 187 Å². The minimum Gasteiger partial charge on any atom is -0.288 e. The van der Waals surface area contributed by atoms with Crippen molar-refractivity contribution in [2.24, 2.45) is 5.92 Å². The largest absolute Gasteiger partial charge is 0.416 e. The van der Waals surface area contributed by atoms with Crippen LogP contribution in [0.25, 0.3) is 10.2 Å². The first-order valence-corrected chi connectivity index (χ1v) is 12.3. The van der Waals surface area contributed by atoms with Gasteiger partial charge in [0.25, 0.3) is 0 Å². The third kappa shape index (κ3) is 3.90. The number of aromatic nitrogens is 1. The zero-order valence-electron chi connectivity index (χ0n) is 17.4. The Hall–Kier alpha value is -2.46. The van der Waals surface area contributed by atoms with E-state index in [0.29, 0.717) is 24.2 Å². The maximum atomic E-state index is 13.3. The molecule has 1 saturated heterocycles. The molecular weight excluding hydrogens is 461 g/mol. The van der Waals surface area contributed by atoms with E-state index in [1.54, 1.807) is 4.90 Å². The Morgan fingerprint density at radius 3 is 2.47 bits per heavy atom. The second kappa shape index (κ2) is 7.84. The highest BCUT2D eigenvalue weighted by Crippen LogP contribution is 2.41. The summed E-state index contributed by atoms with van der Waals surface area (Å²) < 4.78 is 65.4. The van der Waals surface area contributed by atoms with Gasteiger partial charge in [0.1, 0.15) is 0 Å². The van der Waals surface area contributed by atoms with Crippen molar-refractivity contribution in [2.45, 2.75) is 42.5 Å². The molecule has 0 unspecified atom stereocenters. The molecule has 1 atom stereocenters. The molecule has 2 aromatic carbocycles. The minimum absolute atomic E-state index is 0.0267. The molecule has 0 radical (unpaired) electrons. The fraction of sp³-hybridized carbons (Fsp3) is 0.364. The van der Waals surface area contributed by atoms with Gasteiger partial charge in [0.15, 0.2) is 15.0 Å². The van der Waals surface area contributed by atoms with Crippen LogP contribution in [0.1, 0.15) is 32.3 Å². The van der Waals surface area contributed by atoms with Crippen molar-refractivity contribution in [3.05, 3.63) is 54.1 Å². The van der Waals surface area contributed by atoms with Gasteiger partial charge in [-0.3, -0.25) is 9.69 Å². The summed E-state index contributed by atoms with van der Waals surface area (Å²) in [5.74, 6) is -0.784. The number of nitrogens with zero attached hydrogens (tertiary/aromatic N) is 2. The number of para-hydroxylation sites is 1. The Kier molecular flexibility index (Phi) is 5.57. The lowest BCUT2D eigenvalue weighted by Gasteiger charge is -2.39. The number of halogens is 3. The summed E-state index contributed by atoms with van der Waals surface area (Å²) in [6, 6.07) is 11.3. The molecule has 1 aliphatic heterocycles. The van der Waals surface area contributed by atoms with E-state index in [2.05, 4.69) is 4.98 Å². The predicted octanol–water partition coefficient (Wildman–Crippen LogP) is 5.31. The molecule has 1 fully saturated rings. The lowest BCUT2D eigenvalue weighted by Crippen LogP contribution is -2.48. The van der Waals surface area contributed by atoms with Gasteiger partial charge in [0.05, 0.1) is 25.4 Å². The molecule has 1 aromatic heterocycles. The van der Waals surface area contributed by atoms with Crippen molar-refractivity contribution in [2.75, 3.05) is 11.4 Å². The molecule has 0 aliphatic carbocycles. The Morgan fingerprint density at radius 2 is 1.81 bits per heavy atom. The third-order valence-electron chi connectivity index (χ3n) is 6.08. The monoisotopic (exact) mass is 482 g/mol. The normalized spacial score (nSPS) is 18.3. The molecule has 10 heteroatoms. The molecule has 5 nitrogen and oxygen atoms in total. The van der Waals surface area contributed by atoms with E-state index in [4.69, 9.17) is 0 Å². The number of hydrogen-bond acceptors (Lipinski definition) is 5. The highest BCUT2D eigenvalue weighted by atomic mass is 32.2. The number of benzene rings is 2. The van der Waals surface area contributed by atoms with Crippen molar-refractivity contribution >= 4 is 42.4 Å². The minimum atomic E-state index is -4.64. The van der Waals surface area contributed by atoms with E-state index in [1.807, 2.05) is 24.3 Å². The number of carbonyl (C=O) groups excluding carboxylic acids is 1. The standard InChI is InChI=1S/C22H21F3N2O3S2/c1-21(2,32(29,30)16-7-5-6-15(12-16)22(23,24)25)14-10-11-27(19(28)13-14)20-26-17-8-3-4-9-18(17)31-20/h3-9,12,14H,10-11,13H2,1-2H3/t14-/m1/s1. The number of alkyl halides is 3. The van der Waals surface area contributed by atoms with Crippen LogP contribution < -0.4 is 4.90 Å². The zero-order chi connectivity index (χ0) is 23.3. The van der Waals surface area contributed by atoms with Crippen molar-refractivity contribution in [1.29, 1.82) is 0 Å². The quantitative estimate of drug-likeness (QED) is 0.505. The molecule has 2 heterocycles. The van der Waals surface area contributed by atoms with E-state index >= 15 is 0 Å². The molecule has 0 bridgehead atoms. The van der Waals surface area contributed by atoms with E-state index in [9.17, 15) is 26.4 Å². The SMILES string of the molecule is CC(C)([C@@H]1CCN(c2nc3ccccc3s2)C(=O)C1)S(=O)(=O)c1cccc(C(F)(F)F)c1. The summed E-state index contributed by atoms with van der Waals surface area (Å²) in [4.78, 5) is 18.6. The number of anilines is 1. The first-order chi connectivity index (χ1) is 14.9. The van der Waals surface area contributed by atoms with E-state index in [0.717, 1.165) is 22.3 Å². The van der Waals surface area contributed by atoms with Crippen molar-refractivity contribution in [3.63, 3.8) is 0 Å². The number of fused-ring (bicyclic) bond motifs is 1. The van der Waals surface area contributed by atoms with Gasteiger partial charge in [-0.2, -0.15) is 13.2 Å². The van der Waals surface area contributed by atoms with Crippen LogP contribution in [0.15, 0.2) is 53.4 Å². The molecule has 0 spiro atoms. The lowest BCUT2D eigenvalue weighted by atomic mass is 9.85. The smallest absolute Gasteiger partial charge is 0.288 e. The highest BCUT2D eigenvalue weighted by Gasteiger charge is 2.46. The first-order valence-electron chi connectivity index (χ1n) is 9.99. The molecule has 4 rings (SSSR count). The van der Waals surface area contributed by atoms with Crippen molar-refractivity contribution in [1.82, 2.24) is 4.98 Å². The number of rotatable bonds is 4. The Balaban J connectivity index is 1.58. The highest BCUT2D eigenvalue weighted by molar-refractivity contribution is 7.92. The van der Waals surface area contributed by atoms with Gasteiger partial charge in [0.2, 0.25) is 5.91 Å². The Bertz CT molecular complexity index is 1250. The molecule has 3 aromatic rings. The molecule has 32 heavy (non-hydrogen) atoms. The first kappa shape index (κ1) is 22.7. The number of thiazole rings is 1. The van der Waals surface area contributed by atoms with Crippen LogP contribution in [0.2, 0.25) is 0 Å². The van der Waals surface area contributed by atoms with Crippen LogP contribution in [-0.4, -0.2) is 30.6 Å². The van der Waals surface area contributed by atoms with Crippen molar-refractivity contribution in [3.8, 4) is 0 Å². The number of piperidine rings is 1. The summed E-state index contributed by atoms with van der Waals surface area (Å²) in [5.41, 5.74) is -0.231. The molecular formula is C22H21F3N2O3S2. The number of amides is 1. The maximum Gasteiger partial charge on any atom is 0.416 e. The molecule has 0 N–H and O–H groups in total. The van der Waals surface area contributed by atoms with E-state index in [1.165, 1.54) is 31.3 Å². The van der Waals surface area contributed by atoms with Crippen LogP contribution >= 0.6 is 11.3 Å². The summed E-state index contributed by atoms with van der Waals surface area (Å²) in [5, 5.41) is 0.563. The zero-order valence-corrected chi connectivity index (χ0v) is 19.0. The van der Waals surface area contributed by atoms with Crippen LogP contribution in [0.5, 0.6) is 0 Å². The second-order valence-corrected chi connectivity index (χ2v) is 11.9. The molecule has 1 aliphatic rings. The van der Waals surface area contributed by atoms with Gasteiger partial charge in [-0.1, -0.05) is 29.5 Å². The van der Waals surface area contributed by atoms with Gasteiger partial charge in [-0.15, -0.1) is 0 Å². The van der Waals surface area contributed by atoms with Crippen LogP contribution in [0.3, 0.4) is 0 Å². The topological polar surface area (TPSA) is 67.3 Å². The molecule has 0 saturated carbocycles. The molecule has 1 amide bonds. The number of hydrogen-bond donors (Lipinski definition) is 0. The predicted molar refractivity (Wildman–Crippen MR) is 117 cm³/mol. The van der Waals surface area contributed by atoms with Gasteiger partial charge in [-0.05, 0) is 56.5 Å². The third-order valence-corrected chi connectivity index (χ3v) is 9.74. The van der Waals surface area contributed by atoms with Gasteiger partial charge in [-0.25, -0.2) is 13.4 Å². The fourth-order valence-corrected chi connectivity index (χ4v) is 6.76. The van der Waals surface area contributed by atoms with Crippen molar-refractivity contribution < 1.29 is 26.4 Å². The maximum absolute atomic E-state index is 13.3. The summed E-state index contributed by atoms with van der Waals surface area (Å²) in [6.07, 6.45) is -4.28. The second-order valence-electron chi connectivity index (χ2n) is 8.33. The van der Waals surface area contributed by atoms with E-state index < -0.39 is 37.1 Å². The summed E-state index contributed by atoms with van der Waals surface area (Å²) in [6.45, 7) is 3.26. The van der Waals surface area contributed by atoms with Gasteiger partial charge in [0, 0.05) is 13.0 Å². The summed E-state index contributed by atoms with van der Waals surface area (Å²) in [7, 11) is -4.13. The van der Waals surface area contributed by atoms with Crippen LogP contribution in [-0.2, 0) is 20.8 Å². The van der Waals surface area contributed by atoms with Gasteiger partial charge >= 0.3 is 6.18 Å². The van der Waals surface area contributed by atoms with Crippen LogP contribution in [0.4, 0.5) is 18.3 Å². The molecule has 170 valence electrons.